The summed E-state index contributed by atoms with van der Waals surface area (Å²) >= 11 is 12.9. The zero-order chi connectivity index (χ0) is 45.3. The number of nitrogens with one attached hydrogen (secondary N) is 2. The Morgan fingerprint density at radius 3 is 1.83 bits per heavy atom. The van der Waals surface area contributed by atoms with Gasteiger partial charge in [-0.25, -0.2) is 4.39 Å². The van der Waals surface area contributed by atoms with E-state index in [2.05, 4.69) is 37.7 Å². The highest BCUT2D eigenvalue weighted by atomic mass is 35.5. The summed E-state index contributed by atoms with van der Waals surface area (Å²) in [7, 11) is 3.76. The van der Waals surface area contributed by atoms with Gasteiger partial charge in [-0.15, -0.1) is 0 Å². The number of halogens is 3. The standard InChI is InChI=1S/C48H40Cl2FN9O4/c1-5-62-44-22-39-34(47(29(24-52)26-55-39)57-31-12-14-38(51)36(49)18-31)20-41(44)60(46(61)11-9-17-59(3)4)42-21-35-40(23-45(42)63-6-2)56-27-30(25-53)48(35)58-32-13-15-43(37(50)19-32)64-28-33-10-7-8-16-54-33/h7-16,18-23,26-27H,5-6,17,28H2,1-4H3,(H,55,57)(H,56,58). The van der Waals surface area contributed by atoms with Crippen molar-refractivity contribution < 1.29 is 23.4 Å². The predicted molar refractivity (Wildman–Crippen MR) is 248 cm³/mol. The molecular weight excluding hydrogens is 856 g/mol. The van der Waals surface area contributed by atoms with E-state index in [1.54, 1.807) is 54.7 Å². The number of nitriles is 2. The van der Waals surface area contributed by atoms with Gasteiger partial charge in [0, 0.05) is 65.5 Å². The van der Waals surface area contributed by atoms with Crippen LogP contribution in [0.3, 0.4) is 0 Å². The molecule has 7 rings (SSSR count). The van der Waals surface area contributed by atoms with Gasteiger partial charge in [-0.1, -0.05) is 35.3 Å². The Morgan fingerprint density at radius 1 is 0.750 bits per heavy atom. The molecule has 13 nitrogen and oxygen atoms in total. The van der Waals surface area contributed by atoms with Gasteiger partial charge in [0.1, 0.15) is 41.8 Å². The van der Waals surface area contributed by atoms with E-state index in [4.69, 9.17) is 37.4 Å². The first-order valence-electron chi connectivity index (χ1n) is 20.0. The molecule has 4 aromatic carbocycles. The molecule has 0 bridgehead atoms. The number of carbonyl (C=O) groups is 1. The van der Waals surface area contributed by atoms with E-state index < -0.39 is 11.7 Å². The minimum atomic E-state index is -0.604. The molecule has 16 heteroatoms. The van der Waals surface area contributed by atoms with Crippen LogP contribution in [0, 0.1) is 28.5 Å². The molecule has 2 N–H and O–H groups in total. The van der Waals surface area contributed by atoms with Gasteiger partial charge in [-0.05, 0) is 88.6 Å². The molecule has 3 heterocycles. The third-order valence-electron chi connectivity index (χ3n) is 9.66. The van der Waals surface area contributed by atoms with Crippen molar-refractivity contribution in [1.82, 2.24) is 19.9 Å². The van der Waals surface area contributed by atoms with Crippen LogP contribution in [0.5, 0.6) is 17.2 Å². The monoisotopic (exact) mass is 895 g/mol. The number of ether oxygens (including phenoxy) is 3. The SMILES string of the molecule is CCOc1cc2ncc(C#N)c(Nc3ccc(F)c(Cl)c3)c2cc1N(C(=O)C=CCN(C)C)c1cc2c(Nc3ccc(OCc4ccccn4)c(Cl)c3)c(C#N)cnc2cc1OCC. The van der Waals surface area contributed by atoms with E-state index in [1.807, 2.05) is 51.0 Å². The summed E-state index contributed by atoms with van der Waals surface area (Å²) in [5, 5.41) is 28.4. The molecule has 1 amide bonds. The van der Waals surface area contributed by atoms with Crippen molar-refractivity contribution >= 4 is 85.0 Å². The smallest absolute Gasteiger partial charge is 0.255 e. The molecule has 64 heavy (non-hydrogen) atoms. The fourth-order valence-electron chi connectivity index (χ4n) is 6.75. The molecule has 0 fully saturated rings. The number of hydrogen-bond acceptors (Lipinski definition) is 12. The quantitative estimate of drug-likeness (QED) is 0.0885. The van der Waals surface area contributed by atoms with Crippen LogP contribution >= 0.6 is 23.2 Å². The summed E-state index contributed by atoms with van der Waals surface area (Å²) in [5.74, 6) is -0.0425. The molecule has 3 aromatic heterocycles. The average Bonchev–Trinajstić information content (AvgIpc) is 3.28. The molecule has 7 aromatic rings. The Morgan fingerprint density at radius 2 is 1.33 bits per heavy atom. The van der Waals surface area contributed by atoms with Gasteiger partial charge in [0.15, 0.2) is 0 Å². The molecule has 0 saturated carbocycles. The van der Waals surface area contributed by atoms with E-state index >= 15 is 0 Å². The molecule has 0 unspecified atom stereocenters. The third-order valence-corrected chi connectivity index (χ3v) is 10.2. The first-order valence-corrected chi connectivity index (χ1v) is 20.7. The lowest BCUT2D eigenvalue weighted by Gasteiger charge is -2.27. The van der Waals surface area contributed by atoms with Gasteiger partial charge in [0.25, 0.3) is 5.91 Å². The summed E-state index contributed by atoms with van der Waals surface area (Å²) in [4.78, 5) is 31.7. The second-order valence-electron chi connectivity index (χ2n) is 14.3. The van der Waals surface area contributed by atoms with Gasteiger partial charge >= 0.3 is 0 Å². The minimum Gasteiger partial charge on any atom is -0.492 e. The van der Waals surface area contributed by atoms with Crippen molar-refractivity contribution in [2.24, 2.45) is 0 Å². The van der Waals surface area contributed by atoms with Crippen LogP contribution in [0.2, 0.25) is 10.0 Å². The van der Waals surface area contributed by atoms with Crippen molar-refractivity contribution in [2.75, 3.05) is 49.4 Å². The number of rotatable bonds is 16. The Kier molecular flexibility index (Phi) is 14.0. The fourth-order valence-corrected chi connectivity index (χ4v) is 7.16. The Labute approximate surface area is 378 Å². The average molecular weight is 897 g/mol. The van der Waals surface area contributed by atoms with Crippen molar-refractivity contribution in [3.05, 3.63) is 142 Å². The topological polar surface area (TPSA) is 162 Å². The second-order valence-corrected chi connectivity index (χ2v) is 15.1. The minimum absolute atomic E-state index is 0.115. The zero-order valence-corrected chi connectivity index (χ0v) is 36.6. The molecule has 0 atom stereocenters. The highest BCUT2D eigenvalue weighted by Crippen LogP contribution is 2.46. The molecule has 0 saturated heterocycles. The predicted octanol–water partition coefficient (Wildman–Crippen LogP) is 11.0. The number of benzene rings is 4. The van der Waals surface area contributed by atoms with Crippen LogP contribution in [-0.4, -0.2) is 59.6 Å². The maximum atomic E-state index is 14.9. The highest BCUT2D eigenvalue weighted by molar-refractivity contribution is 6.32. The van der Waals surface area contributed by atoms with E-state index in [0.717, 1.165) is 5.69 Å². The van der Waals surface area contributed by atoms with E-state index in [0.29, 0.717) is 73.4 Å². The lowest BCUT2D eigenvalue weighted by Crippen LogP contribution is -2.26. The van der Waals surface area contributed by atoms with E-state index in [-0.39, 0.29) is 47.3 Å². The first kappa shape index (κ1) is 44.6. The molecule has 0 aliphatic heterocycles. The molecule has 0 radical (unpaired) electrons. The van der Waals surface area contributed by atoms with Crippen molar-refractivity contribution in [3.63, 3.8) is 0 Å². The number of fused-ring (bicyclic) bond motifs is 2. The van der Waals surface area contributed by atoms with Gasteiger partial charge in [-0.2, -0.15) is 10.5 Å². The summed E-state index contributed by atoms with van der Waals surface area (Å²) in [5.41, 5.74) is 4.26. The van der Waals surface area contributed by atoms with Crippen LogP contribution in [0.1, 0.15) is 30.7 Å². The summed E-state index contributed by atoms with van der Waals surface area (Å²) in [6, 6.07) is 26.1. The summed E-state index contributed by atoms with van der Waals surface area (Å²) < 4.78 is 32.6. The number of amides is 1. The van der Waals surface area contributed by atoms with Crippen LogP contribution in [0.15, 0.2) is 110 Å². The van der Waals surface area contributed by atoms with Gasteiger partial charge in [0.05, 0.1) is 73.9 Å². The third kappa shape index (κ3) is 9.91. The van der Waals surface area contributed by atoms with E-state index in [1.165, 1.54) is 41.6 Å². The molecule has 322 valence electrons. The maximum Gasteiger partial charge on any atom is 0.255 e. The van der Waals surface area contributed by atoms with Crippen molar-refractivity contribution in [3.8, 4) is 29.4 Å². The summed E-state index contributed by atoms with van der Waals surface area (Å²) in [6.45, 7) is 4.75. The number of aromatic nitrogens is 3. The van der Waals surface area contributed by atoms with Crippen LogP contribution in [0.4, 0.5) is 38.5 Å². The van der Waals surface area contributed by atoms with E-state index in [9.17, 15) is 19.7 Å². The zero-order valence-electron chi connectivity index (χ0n) is 35.1. The van der Waals surface area contributed by atoms with Gasteiger partial charge < -0.3 is 29.7 Å². The number of likely N-dealkylation sites (N-methyl/N-ethyl adjacent to an activating group) is 1. The largest absolute Gasteiger partial charge is 0.492 e. The first-order chi connectivity index (χ1) is 31.0. The highest BCUT2D eigenvalue weighted by Gasteiger charge is 2.27. The second kappa shape index (κ2) is 20.1. The van der Waals surface area contributed by atoms with Gasteiger partial charge in [-0.3, -0.25) is 24.6 Å². The number of hydrogen-bond donors (Lipinski definition) is 2. The number of pyridine rings is 3. The maximum absolute atomic E-state index is 14.9. The van der Waals surface area contributed by atoms with Gasteiger partial charge in [0.2, 0.25) is 0 Å². The Balaban J connectivity index is 1.42. The van der Waals surface area contributed by atoms with Crippen molar-refractivity contribution in [1.29, 1.82) is 10.5 Å². The van der Waals surface area contributed by atoms with Crippen LogP contribution in [0.25, 0.3) is 21.8 Å². The lowest BCUT2D eigenvalue weighted by atomic mass is 10.0. The fraction of sp³-hybridized carbons (Fsp3) is 0.167. The molecule has 0 aliphatic rings. The van der Waals surface area contributed by atoms with Crippen LogP contribution < -0.4 is 29.7 Å². The lowest BCUT2D eigenvalue weighted by molar-refractivity contribution is -0.113. The Hall–Kier alpha value is -7.49. The molecular formula is C48H40Cl2FN9O4. The number of nitrogens with zero attached hydrogens (tertiary/aromatic N) is 7. The normalized spacial score (nSPS) is 11.1. The number of anilines is 6. The molecule has 0 aliphatic carbocycles. The summed E-state index contributed by atoms with van der Waals surface area (Å²) in [6.07, 6.45) is 7.74. The van der Waals surface area contributed by atoms with Crippen LogP contribution in [-0.2, 0) is 11.4 Å². The Bertz CT molecular complexity index is 2990. The number of carbonyl (C=O) groups excluding carboxylic acids is 1. The van der Waals surface area contributed by atoms with Crippen molar-refractivity contribution in [2.45, 2.75) is 20.5 Å². The molecule has 0 spiro atoms.